The molecule has 1 atom stereocenters. The monoisotopic (exact) mass is 338 g/mol. The highest BCUT2D eigenvalue weighted by Gasteiger charge is 2.14. The van der Waals surface area contributed by atoms with Crippen LogP contribution in [0, 0.1) is 0 Å². The van der Waals surface area contributed by atoms with Gasteiger partial charge < -0.3 is 5.73 Å². The summed E-state index contributed by atoms with van der Waals surface area (Å²) in [6.07, 6.45) is 2.58. The van der Waals surface area contributed by atoms with Crippen molar-refractivity contribution in [2.45, 2.75) is 33.4 Å². The van der Waals surface area contributed by atoms with Crippen molar-refractivity contribution < 1.29 is 4.21 Å². The molecule has 0 bridgehead atoms. The number of hydrogen-bond acceptors (Lipinski definition) is 5. The first-order valence-electron chi connectivity index (χ1n) is 7.00. The van der Waals surface area contributed by atoms with Crippen LogP contribution in [0.2, 0.25) is 0 Å². The summed E-state index contributed by atoms with van der Waals surface area (Å²) in [5, 5.41) is 0. The van der Waals surface area contributed by atoms with Gasteiger partial charge in [0.05, 0.1) is 15.0 Å². The SMILES string of the molecule is NCc1ccc(S(=O)c2ccc(SN3CCCC3)cc2)s1. The first kappa shape index (κ1) is 15.2. The Morgan fingerprint density at radius 1 is 1.14 bits per heavy atom. The lowest BCUT2D eigenvalue weighted by Crippen LogP contribution is -2.08. The molecule has 3 rings (SSSR count). The molecule has 1 aromatic carbocycles. The molecule has 112 valence electrons. The van der Waals surface area contributed by atoms with Crippen LogP contribution in [0.4, 0.5) is 0 Å². The van der Waals surface area contributed by atoms with Gasteiger partial charge >= 0.3 is 0 Å². The van der Waals surface area contributed by atoms with Gasteiger partial charge in [0.25, 0.3) is 0 Å². The van der Waals surface area contributed by atoms with Crippen molar-refractivity contribution in [3.8, 4) is 0 Å². The first-order chi connectivity index (χ1) is 10.3. The maximum atomic E-state index is 12.5. The summed E-state index contributed by atoms with van der Waals surface area (Å²) in [6.45, 7) is 2.83. The van der Waals surface area contributed by atoms with E-state index in [0.29, 0.717) is 6.54 Å². The number of hydrogen-bond donors (Lipinski definition) is 1. The Kier molecular flexibility index (Phi) is 5.13. The van der Waals surface area contributed by atoms with Crippen LogP contribution in [0.25, 0.3) is 0 Å². The van der Waals surface area contributed by atoms with Crippen LogP contribution < -0.4 is 5.73 Å². The van der Waals surface area contributed by atoms with Crippen molar-refractivity contribution in [1.82, 2.24) is 4.31 Å². The van der Waals surface area contributed by atoms with Crippen LogP contribution in [0.1, 0.15) is 17.7 Å². The summed E-state index contributed by atoms with van der Waals surface area (Å²) in [5.41, 5.74) is 5.60. The zero-order valence-electron chi connectivity index (χ0n) is 11.7. The summed E-state index contributed by atoms with van der Waals surface area (Å²) < 4.78 is 15.8. The summed E-state index contributed by atoms with van der Waals surface area (Å²) in [4.78, 5) is 3.14. The summed E-state index contributed by atoms with van der Waals surface area (Å²) in [5.74, 6) is 0. The highest BCUT2D eigenvalue weighted by Crippen LogP contribution is 2.29. The lowest BCUT2D eigenvalue weighted by molar-refractivity contribution is 0.586. The zero-order chi connectivity index (χ0) is 14.7. The fraction of sp³-hybridized carbons (Fsp3) is 0.333. The molecule has 0 saturated carbocycles. The van der Waals surface area contributed by atoms with Crippen molar-refractivity contribution in [3.63, 3.8) is 0 Å². The van der Waals surface area contributed by atoms with Crippen LogP contribution >= 0.6 is 23.3 Å². The molecule has 1 aliphatic rings. The third-order valence-electron chi connectivity index (χ3n) is 3.36. The van der Waals surface area contributed by atoms with Gasteiger partial charge in [-0.2, -0.15) is 0 Å². The molecule has 0 amide bonds. The van der Waals surface area contributed by atoms with E-state index >= 15 is 0 Å². The lowest BCUT2D eigenvalue weighted by Gasteiger charge is -2.13. The highest BCUT2D eigenvalue weighted by molar-refractivity contribution is 7.97. The minimum atomic E-state index is -1.10. The fourth-order valence-corrected chi connectivity index (χ4v) is 5.57. The van der Waals surface area contributed by atoms with E-state index in [9.17, 15) is 4.21 Å². The minimum absolute atomic E-state index is 0.507. The zero-order valence-corrected chi connectivity index (χ0v) is 14.1. The number of nitrogens with two attached hydrogens (primary N) is 1. The minimum Gasteiger partial charge on any atom is -0.326 e. The molecule has 1 aliphatic heterocycles. The van der Waals surface area contributed by atoms with Gasteiger partial charge in [-0.05, 0) is 61.2 Å². The fourth-order valence-electron chi connectivity index (χ4n) is 2.24. The average Bonchev–Trinajstić information content (AvgIpc) is 3.18. The van der Waals surface area contributed by atoms with E-state index < -0.39 is 10.8 Å². The quantitative estimate of drug-likeness (QED) is 0.848. The molecule has 1 fully saturated rings. The molecule has 0 spiro atoms. The van der Waals surface area contributed by atoms with Crippen LogP contribution in [-0.2, 0) is 17.3 Å². The van der Waals surface area contributed by atoms with Gasteiger partial charge in [-0.25, -0.2) is 8.51 Å². The standard InChI is InChI=1S/C15H18N2OS3/c16-11-13-5-8-15(19-13)21(18)14-6-3-12(4-7-14)20-17-9-1-2-10-17/h3-8H,1-2,9-11,16H2. The second-order valence-corrected chi connectivity index (χ2v) is 8.94. The van der Waals surface area contributed by atoms with Gasteiger partial charge in [0.2, 0.25) is 0 Å². The Labute approximate surface area is 136 Å². The molecule has 3 nitrogen and oxygen atoms in total. The smallest absolute Gasteiger partial charge is 0.0963 e. The average molecular weight is 339 g/mol. The molecule has 1 saturated heterocycles. The molecule has 21 heavy (non-hydrogen) atoms. The van der Waals surface area contributed by atoms with Crippen molar-refractivity contribution in [2.24, 2.45) is 5.73 Å². The van der Waals surface area contributed by atoms with Crippen molar-refractivity contribution in [3.05, 3.63) is 41.3 Å². The van der Waals surface area contributed by atoms with E-state index in [1.165, 1.54) is 29.1 Å². The normalized spacial score (nSPS) is 17.2. The summed E-state index contributed by atoms with van der Waals surface area (Å²) >= 11 is 3.32. The van der Waals surface area contributed by atoms with Gasteiger partial charge in [-0.3, -0.25) is 0 Å². The topological polar surface area (TPSA) is 46.3 Å². The summed E-state index contributed by atoms with van der Waals surface area (Å²) in [7, 11) is -1.10. The summed E-state index contributed by atoms with van der Waals surface area (Å²) in [6, 6.07) is 11.9. The van der Waals surface area contributed by atoms with Crippen LogP contribution in [0.3, 0.4) is 0 Å². The van der Waals surface area contributed by atoms with Gasteiger partial charge in [-0.1, -0.05) is 0 Å². The molecular weight excluding hydrogens is 320 g/mol. The molecule has 1 unspecified atom stereocenters. The molecule has 1 aromatic heterocycles. The largest absolute Gasteiger partial charge is 0.326 e. The Bertz CT molecular complexity index is 618. The maximum Gasteiger partial charge on any atom is 0.0963 e. The molecule has 0 aliphatic carbocycles. The molecule has 2 aromatic rings. The van der Waals surface area contributed by atoms with Gasteiger partial charge in [-0.15, -0.1) is 11.3 Å². The Balaban J connectivity index is 1.69. The van der Waals surface area contributed by atoms with E-state index in [-0.39, 0.29) is 0 Å². The molecule has 6 heteroatoms. The lowest BCUT2D eigenvalue weighted by atomic mass is 10.4. The third-order valence-corrected chi connectivity index (χ3v) is 7.27. The maximum absolute atomic E-state index is 12.5. The molecule has 2 heterocycles. The van der Waals surface area contributed by atoms with Crippen molar-refractivity contribution in [1.29, 1.82) is 0 Å². The van der Waals surface area contributed by atoms with E-state index in [1.54, 1.807) is 11.9 Å². The van der Waals surface area contributed by atoms with Crippen molar-refractivity contribution in [2.75, 3.05) is 13.1 Å². The van der Waals surface area contributed by atoms with Gasteiger partial charge in [0, 0.05) is 34.3 Å². The van der Waals surface area contributed by atoms with E-state index in [4.69, 9.17) is 5.73 Å². The third kappa shape index (κ3) is 3.76. The molecule has 2 N–H and O–H groups in total. The second-order valence-electron chi connectivity index (χ2n) is 4.89. The number of nitrogens with zero attached hydrogens (tertiary/aromatic N) is 1. The van der Waals surface area contributed by atoms with Crippen LogP contribution in [0.5, 0.6) is 0 Å². The predicted molar refractivity (Wildman–Crippen MR) is 90.0 cm³/mol. The van der Waals surface area contributed by atoms with Crippen LogP contribution in [0.15, 0.2) is 50.4 Å². The Morgan fingerprint density at radius 3 is 2.48 bits per heavy atom. The number of benzene rings is 1. The number of thiophene rings is 1. The molecular formula is C15H18N2OS3. The van der Waals surface area contributed by atoms with Crippen molar-refractivity contribution >= 4 is 34.1 Å². The van der Waals surface area contributed by atoms with Crippen LogP contribution in [-0.4, -0.2) is 21.6 Å². The van der Waals surface area contributed by atoms with E-state index in [2.05, 4.69) is 16.4 Å². The van der Waals surface area contributed by atoms with Gasteiger partial charge in [0.1, 0.15) is 0 Å². The highest BCUT2D eigenvalue weighted by atomic mass is 32.2. The van der Waals surface area contributed by atoms with E-state index in [0.717, 1.165) is 27.1 Å². The second kappa shape index (κ2) is 7.07. The molecule has 0 radical (unpaired) electrons. The van der Waals surface area contributed by atoms with E-state index in [1.807, 2.05) is 24.3 Å². The predicted octanol–water partition coefficient (Wildman–Crippen LogP) is 3.48. The number of rotatable bonds is 5. The first-order valence-corrected chi connectivity index (χ1v) is 9.74. The Hall–Kier alpha value is -0.660. The Morgan fingerprint density at radius 2 is 1.86 bits per heavy atom. The van der Waals surface area contributed by atoms with Gasteiger partial charge in [0.15, 0.2) is 0 Å².